The quantitative estimate of drug-likeness (QED) is 0.911. The SMILES string of the molecule is Cl.N[C@@H]1C[C@H]1c1ccc(NC(=O)c2ccccc2)cc1. The molecule has 20 heavy (non-hydrogen) atoms. The van der Waals surface area contributed by atoms with Crippen LogP contribution in [0.15, 0.2) is 54.6 Å². The molecule has 1 aliphatic rings. The van der Waals surface area contributed by atoms with E-state index < -0.39 is 0 Å². The molecule has 0 spiro atoms. The van der Waals surface area contributed by atoms with Crippen molar-refractivity contribution in [1.82, 2.24) is 0 Å². The van der Waals surface area contributed by atoms with Gasteiger partial charge in [0, 0.05) is 23.2 Å². The van der Waals surface area contributed by atoms with Gasteiger partial charge in [-0.3, -0.25) is 4.79 Å². The summed E-state index contributed by atoms with van der Waals surface area (Å²) in [6.45, 7) is 0. The number of carbonyl (C=O) groups excluding carboxylic acids is 1. The highest BCUT2D eigenvalue weighted by atomic mass is 35.5. The number of hydrogen-bond acceptors (Lipinski definition) is 2. The second-order valence-corrected chi connectivity index (χ2v) is 4.95. The first-order valence-electron chi connectivity index (χ1n) is 6.46. The minimum Gasteiger partial charge on any atom is -0.327 e. The first-order chi connectivity index (χ1) is 9.24. The van der Waals surface area contributed by atoms with Gasteiger partial charge in [0.1, 0.15) is 0 Å². The summed E-state index contributed by atoms with van der Waals surface area (Å²) in [5.41, 5.74) is 8.55. The van der Waals surface area contributed by atoms with Gasteiger partial charge in [-0.2, -0.15) is 0 Å². The molecule has 0 radical (unpaired) electrons. The average Bonchev–Trinajstić information content (AvgIpc) is 3.18. The van der Waals surface area contributed by atoms with Crippen LogP contribution in [0.1, 0.15) is 28.3 Å². The van der Waals surface area contributed by atoms with Gasteiger partial charge >= 0.3 is 0 Å². The van der Waals surface area contributed by atoms with Gasteiger partial charge in [-0.15, -0.1) is 12.4 Å². The van der Waals surface area contributed by atoms with Crippen LogP contribution < -0.4 is 11.1 Å². The monoisotopic (exact) mass is 288 g/mol. The van der Waals surface area contributed by atoms with Crippen LogP contribution in [0.3, 0.4) is 0 Å². The van der Waals surface area contributed by atoms with Crippen LogP contribution in [0.5, 0.6) is 0 Å². The molecule has 1 saturated carbocycles. The highest BCUT2D eigenvalue weighted by Crippen LogP contribution is 2.39. The lowest BCUT2D eigenvalue weighted by molar-refractivity contribution is 0.102. The molecule has 2 aromatic carbocycles. The van der Waals surface area contributed by atoms with Gasteiger partial charge in [0.05, 0.1) is 0 Å². The number of amides is 1. The van der Waals surface area contributed by atoms with Gasteiger partial charge in [-0.05, 0) is 36.2 Å². The zero-order valence-corrected chi connectivity index (χ0v) is 11.8. The van der Waals surface area contributed by atoms with E-state index in [0.29, 0.717) is 17.5 Å². The van der Waals surface area contributed by atoms with Gasteiger partial charge in [-0.1, -0.05) is 30.3 Å². The summed E-state index contributed by atoms with van der Waals surface area (Å²) < 4.78 is 0. The molecule has 1 amide bonds. The number of carbonyl (C=O) groups is 1. The summed E-state index contributed by atoms with van der Waals surface area (Å²) in [6, 6.07) is 17.5. The summed E-state index contributed by atoms with van der Waals surface area (Å²) in [7, 11) is 0. The highest BCUT2D eigenvalue weighted by molar-refractivity contribution is 6.04. The molecule has 3 N–H and O–H groups in total. The van der Waals surface area contributed by atoms with Crippen molar-refractivity contribution >= 4 is 24.0 Å². The molecule has 0 saturated heterocycles. The molecule has 3 nitrogen and oxygen atoms in total. The maximum absolute atomic E-state index is 12.0. The lowest BCUT2D eigenvalue weighted by atomic mass is 10.1. The van der Waals surface area contributed by atoms with Crippen LogP contribution in [-0.4, -0.2) is 11.9 Å². The number of benzene rings is 2. The fraction of sp³-hybridized carbons (Fsp3) is 0.188. The Balaban J connectivity index is 0.00000147. The molecule has 2 aromatic rings. The lowest BCUT2D eigenvalue weighted by Crippen LogP contribution is -2.11. The third-order valence-electron chi connectivity index (χ3n) is 3.47. The Kier molecular flexibility index (Phi) is 4.42. The van der Waals surface area contributed by atoms with Gasteiger partial charge in [0.2, 0.25) is 0 Å². The van der Waals surface area contributed by atoms with E-state index >= 15 is 0 Å². The minimum atomic E-state index is -0.0866. The Morgan fingerprint density at radius 2 is 1.65 bits per heavy atom. The summed E-state index contributed by atoms with van der Waals surface area (Å²) in [6.07, 6.45) is 1.07. The zero-order valence-electron chi connectivity index (χ0n) is 11.0. The van der Waals surface area contributed by atoms with Gasteiger partial charge in [0.25, 0.3) is 5.91 Å². The van der Waals surface area contributed by atoms with E-state index in [1.54, 1.807) is 12.1 Å². The van der Waals surface area contributed by atoms with Crippen molar-refractivity contribution in [2.24, 2.45) is 5.73 Å². The van der Waals surface area contributed by atoms with Crippen LogP contribution in [0.2, 0.25) is 0 Å². The van der Waals surface area contributed by atoms with E-state index in [4.69, 9.17) is 5.73 Å². The summed E-state index contributed by atoms with van der Waals surface area (Å²) in [5, 5.41) is 2.89. The molecule has 4 heteroatoms. The Bertz CT molecular complexity index is 583. The number of nitrogens with two attached hydrogens (primary N) is 1. The lowest BCUT2D eigenvalue weighted by Gasteiger charge is -2.06. The van der Waals surface area contributed by atoms with Gasteiger partial charge < -0.3 is 11.1 Å². The summed E-state index contributed by atoms with van der Waals surface area (Å²) in [5.74, 6) is 0.412. The highest BCUT2D eigenvalue weighted by Gasteiger charge is 2.34. The topological polar surface area (TPSA) is 55.1 Å². The Hall–Kier alpha value is -1.84. The standard InChI is InChI=1S/C16H16N2O.ClH/c17-15-10-14(15)11-6-8-13(9-7-11)18-16(19)12-4-2-1-3-5-12;/h1-9,14-15H,10,17H2,(H,18,19);1H/t14-,15+;/m0./s1. The van der Waals surface area contributed by atoms with Crippen LogP contribution >= 0.6 is 12.4 Å². The number of rotatable bonds is 3. The second kappa shape index (κ2) is 6.07. The number of anilines is 1. The molecule has 0 aliphatic heterocycles. The van der Waals surface area contributed by atoms with Crippen LogP contribution in [0.4, 0.5) is 5.69 Å². The predicted octanol–water partition coefficient (Wildman–Crippen LogP) is 3.18. The van der Waals surface area contributed by atoms with Crippen LogP contribution in [0, 0.1) is 0 Å². The van der Waals surface area contributed by atoms with Crippen LogP contribution in [-0.2, 0) is 0 Å². The Morgan fingerprint density at radius 3 is 2.20 bits per heavy atom. The van der Waals surface area contributed by atoms with Gasteiger partial charge in [0.15, 0.2) is 0 Å². The van der Waals surface area contributed by atoms with E-state index in [1.165, 1.54) is 5.56 Å². The molecule has 0 bridgehead atoms. The molecule has 0 heterocycles. The number of nitrogens with one attached hydrogen (secondary N) is 1. The van der Waals surface area contributed by atoms with Crippen LogP contribution in [0.25, 0.3) is 0 Å². The molecular weight excluding hydrogens is 272 g/mol. The second-order valence-electron chi connectivity index (χ2n) is 4.95. The molecular formula is C16H17ClN2O. The van der Waals surface area contributed by atoms with E-state index in [-0.39, 0.29) is 18.3 Å². The number of hydrogen-bond donors (Lipinski definition) is 2. The van der Waals surface area contributed by atoms with E-state index in [1.807, 2.05) is 42.5 Å². The smallest absolute Gasteiger partial charge is 0.255 e. The fourth-order valence-electron chi connectivity index (χ4n) is 2.20. The molecule has 1 fully saturated rings. The van der Waals surface area contributed by atoms with Crippen molar-refractivity contribution in [3.63, 3.8) is 0 Å². The third kappa shape index (κ3) is 3.18. The van der Waals surface area contributed by atoms with E-state index in [0.717, 1.165) is 12.1 Å². The van der Waals surface area contributed by atoms with E-state index in [9.17, 15) is 4.79 Å². The maximum Gasteiger partial charge on any atom is 0.255 e. The Labute approximate surface area is 124 Å². The van der Waals surface area contributed by atoms with Crippen molar-refractivity contribution in [2.45, 2.75) is 18.4 Å². The fourth-order valence-corrected chi connectivity index (χ4v) is 2.20. The van der Waals surface area contributed by atoms with E-state index in [2.05, 4.69) is 5.32 Å². The molecule has 104 valence electrons. The van der Waals surface area contributed by atoms with Crippen molar-refractivity contribution in [1.29, 1.82) is 0 Å². The Morgan fingerprint density at radius 1 is 1.05 bits per heavy atom. The van der Waals surface area contributed by atoms with Crippen molar-refractivity contribution < 1.29 is 4.79 Å². The first kappa shape index (κ1) is 14.6. The first-order valence-corrected chi connectivity index (χ1v) is 6.46. The molecule has 1 aliphatic carbocycles. The zero-order chi connectivity index (χ0) is 13.2. The number of halogens is 1. The predicted molar refractivity (Wildman–Crippen MR) is 83.4 cm³/mol. The molecule has 0 unspecified atom stereocenters. The summed E-state index contributed by atoms with van der Waals surface area (Å²) >= 11 is 0. The molecule has 2 atom stereocenters. The molecule has 3 rings (SSSR count). The van der Waals surface area contributed by atoms with Gasteiger partial charge in [-0.25, -0.2) is 0 Å². The van der Waals surface area contributed by atoms with Crippen molar-refractivity contribution in [3.8, 4) is 0 Å². The normalized spacial score (nSPS) is 19.9. The third-order valence-corrected chi connectivity index (χ3v) is 3.47. The minimum absolute atomic E-state index is 0. The molecule has 0 aromatic heterocycles. The summed E-state index contributed by atoms with van der Waals surface area (Å²) in [4.78, 5) is 12.0. The largest absolute Gasteiger partial charge is 0.327 e. The van der Waals surface area contributed by atoms with Crippen molar-refractivity contribution in [3.05, 3.63) is 65.7 Å². The maximum atomic E-state index is 12.0. The van der Waals surface area contributed by atoms with Crippen molar-refractivity contribution in [2.75, 3.05) is 5.32 Å². The average molecular weight is 289 g/mol.